The molecule has 0 bridgehead atoms. The quantitative estimate of drug-likeness (QED) is 0.696. The van der Waals surface area contributed by atoms with Gasteiger partial charge in [-0.1, -0.05) is 51.1 Å². The molecule has 2 aromatic heterocycles. The standard InChI is InChI=1S/C20H24N4O2/c1-13-23-17-18(21-12-22-19(17)25-13)24-10-15(14-8-6-5-7-9-14)26-16(11-24)20(2,3)4/h5-9,12,15-16H,10-11H2,1-4H3/t15-,16+/m0/s1. The van der Waals surface area contributed by atoms with Gasteiger partial charge in [0.25, 0.3) is 5.71 Å². The van der Waals surface area contributed by atoms with Gasteiger partial charge in [0, 0.05) is 20.0 Å². The van der Waals surface area contributed by atoms with E-state index in [9.17, 15) is 0 Å². The minimum absolute atomic E-state index is 0.0115. The van der Waals surface area contributed by atoms with Crippen LogP contribution in [0, 0.1) is 12.3 Å². The van der Waals surface area contributed by atoms with Crippen LogP contribution in [0.1, 0.15) is 38.3 Å². The molecule has 1 saturated heterocycles. The molecule has 2 atom stereocenters. The molecule has 0 aliphatic carbocycles. The number of rotatable bonds is 2. The molecule has 0 unspecified atom stereocenters. The highest BCUT2D eigenvalue weighted by molar-refractivity contribution is 5.81. The summed E-state index contributed by atoms with van der Waals surface area (Å²) in [6.07, 6.45) is 1.59. The van der Waals surface area contributed by atoms with Crippen LogP contribution in [-0.2, 0) is 4.74 Å². The lowest BCUT2D eigenvalue weighted by molar-refractivity contribution is -0.0792. The lowest BCUT2D eigenvalue weighted by Crippen LogP contribution is -2.49. The van der Waals surface area contributed by atoms with Crippen molar-refractivity contribution < 1.29 is 9.15 Å². The van der Waals surface area contributed by atoms with Crippen molar-refractivity contribution in [2.45, 2.75) is 39.9 Å². The molecule has 0 spiro atoms. The van der Waals surface area contributed by atoms with Crippen molar-refractivity contribution in [2.75, 3.05) is 18.0 Å². The summed E-state index contributed by atoms with van der Waals surface area (Å²) >= 11 is 0. The van der Waals surface area contributed by atoms with Gasteiger partial charge < -0.3 is 14.1 Å². The van der Waals surface area contributed by atoms with Crippen LogP contribution in [0.3, 0.4) is 0 Å². The second-order valence-electron chi connectivity index (χ2n) is 7.88. The van der Waals surface area contributed by atoms with E-state index >= 15 is 0 Å². The van der Waals surface area contributed by atoms with Crippen LogP contribution in [0.25, 0.3) is 11.2 Å². The first-order valence-corrected chi connectivity index (χ1v) is 8.95. The first kappa shape index (κ1) is 17.0. The molecule has 1 aliphatic heterocycles. The molecule has 3 heterocycles. The topological polar surface area (TPSA) is 64.3 Å². The molecule has 0 saturated carbocycles. The van der Waals surface area contributed by atoms with Crippen molar-refractivity contribution >= 4 is 17.0 Å². The number of ether oxygens (including phenoxy) is 1. The minimum atomic E-state index is -0.0211. The van der Waals surface area contributed by atoms with Gasteiger partial charge in [-0.25, -0.2) is 9.97 Å². The first-order valence-electron chi connectivity index (χ1n) is 8.95. The Kier molecular flexibility index (Phi) is 4.15. The second-order valence-corrected chi connectivity index (χ2v) is 7.88. The van der Waals surface area contributed by atoms with Gasteiger partial charge in [-0.05, 0) is 11.0 Å². The fourth-order valence-electron chi connectivity index (χ4n) is 3.34. The van der Waals surface area contributed by atoms with Gasteiger partial charge in [0.05, 0.1) is 6.10 Å². The van der Waals surface area contributed by atoms with Crippen molar-refractivity contribution in [3.8, 4) is 0 Å². The van der Waals surface area contributed by atoms with Gasteiger partial charge in [-0.15, -0.1) is 0 Å². The van der Waals surface area contributed by atoms with Crippen LogP contribution in [0.2, 0.25) is 0 Å². The highest BCUT2D eigenvalue weighted by Crippen LogP contribution is 2.36. The average molecular weight is 352 g/mol. The lowest BCUT2D eigenvalue weighted by Gasteiger charge is -2.44. The number of oxazole rings is 1. The van der Waals surface area contributed by atoms with E-state index in [0.29, 0.717) is 23.7 Å². The van der Waals surface area contributed by atoms with Gasteiger partial charge in [0.15, 0.2) is 17.2 Å². The monoisotopic (exact) mass is 352 g/mol. The Morgan fingerprint density at radius 1 is 1.08 bits per heavy atom. The Balaban J connectivity index is 1.74. The molecular weight excluding hydrogens is 328 g/mol. The van der Waals surface area contributed by atoms with Gasteiger partial charge in [0.1, 0.15) is 12.4 Å². The Hall–Kier alpha value is -2.47. The molecule has 136 valence electrons. The van der Waals surface area contributed by atoms with Crippen LogP contribution < -0.4 is 4.90 Å². The van der Waals surface area contributed by atoms with Crippen molar-refractivity contribution in [3.63, 3.8) is 0 Å². The summed E-state index contributed by atoms with van der Waals surface area (Å²) in [7, 11) is 0. The zero-order valence-corrected chi connectivity index (χ0v) is 15.6. The summed E-state index contributed by atoms with van der Waals surface area (Å²) in [4.78, 5) is 15.5. The summed E-state index contributed by atoms with van der Waals surface area (Å²) in [5.74, 6) is 1.41. The van der Waals surface area contributed by atoms with Crippen LogP contribution in [0.5, 0.6) is 0 Å². The van der Waals surface area contributed by atoms with E-state index in [1.807, 2.05) is 25.1 Å². The fourth-order valence-corrected chi connectivity index (χ4v) is 3.34. The van der Waals surface area contributed by atoms with E-state index in [1.165, 1.54) is 5.56 Å². The third-order valence-electron chi connectivity index (χ3n) is 4.82. The fraction of sp³-hybridized carbons (Fsp3) is 0.450. The van der Waals surface area contributed by atoms with Gasteiger partial charge in [-0.3, -0.25) is 0 Å². The highest BCUT2D eigenvalue weighted by atomic mass is 16.5. The van der Waals surface area contributed by atoms with Crippen LogP contribution >= 0.6 is 0 Å². The smallest absolute Gasteiger partial charge is 0.252 e. The summed E-state index contributed by atoms with van der Waals surface area (Å²) in [5.41, 5.74) is 2.43. The molecule has 26 heavy (non-hydrogen) atoms. The average Bonchev–Trinajstić information content (AvgIpc) is 3.01. The SMILES string of the molecule is Cc1nc2c(N3C[C@@H](c4ccccc4)O[C@@H](C(C)(C)C)C3)ncnc2o1. The number of nitrogens with zero attached hydrogens (tertiary/aromatic N) is 4. The van der Waals surface area contributed by atoms with Crippen LogP contribution in [0.15, 0.2) is 41.1 Å². The van der Waals surface area contributed by atoms with E-state index in [2.05, 4.69) is 52.8 Å². The Morgan fingerprint density at radius 2 is 1.85 bits per heavy atom. The molecule has 6 heteroatoms. The second kappa shape index (κ2) is 6.36. The van der Waals surface area contributed by atoms with Crippen LogP contribution in [-0.4, -0.2) is 34.1 Å². The summed E-state index contributed by atoms with van der Waals surface area (Å²) < 4.78 is 12.1. The Labute approximate surface area is 153 Å². The zero-order chi connectivity index (χ0) is 18.3. The largest absolute Gasteiger partial charge is 0.422 e. The number of aromatic nitrogens is 3. The van der Waals surface area contributed by atoms with Crippen molar-refractivity contribution in [3.05, 3.63) is 48.1 Å². The van der Waals surface area contributed by atoms with Gasteiger partial charge >= 0.3 is 0 Å². The van der Waals surface area contributed by atoms with Gasteiger partial charge in [-0.2, -0.15) is 4.98 Å². The maximum absolute atomic E-state index is 6.48. The van der Waals surface area contributed by atoms with Crippen LogP contribution in [0.4, 0.5) is 5.82 Å². The number of anilines is 1. The predicted octanol–water partition coefficient (Wildman–Crippen LogP) is 3.92. The van der Waals surface area contributed by atoms with E-state index in [-0.39, 0.29) is 17.6 Å². The summed E-state index contributed by atoms with van der Waals surface area (Å²) in [6.45, 7) is 9.92. The van der Waals surface area contributed by atoms with E-state index in [0.717, 1.165) is 12.4 Å². The number of fused-ring (bicyclic) bond motifs is 1. The van der Waals surface area contributed by atoms with Crippen molar-refractivity contribution in [1.82, 2.24) is 15.0 Å². The van der Waals surface area contributed by atoms with Crippen molar-refractivity contribution in [1.29, 1.82) is 0 Å². The van der Waals surface area contributed by atoms with E-state index in [4.69, 9.17) is 9.15 Å². The molecule has 1 fully saturated rings. The first-order chi connectivity index (χ1) is 12.4. The molecule has 1 aliphatic rings. The summed E-state index contributed by atoms with van der Waals surface area (Å²) in [6, 6.07) is 10.4. The minimum Gasteiger partial charge on any atom is -0.422 e. The molecular formula is C20H24N4O2. The maximum Gasteiger partial charge on any atom is 0.252 e. The molecule has 3 aromatic rings. The predicted molar refractivity (Wildman–Crippen MR) is 100 cm³/mol. The molecule has 6 nitrogen and oxygen atoms in total. The number of morpholine rings is 1. The number of aryl methyl sites for hydroxylation is 1. The Morgan fingerprint density at radius 3 is 2.58 bits per heavy atom. The zero-order valence-electron chi connectivity index (χ0n) is 15.6. The third-order valence-corrected chi connectivity index (χ3v) is 4.82. The van der Waals surface area contributed by atoms with Gasteiger partial charge in [0.2, 0.25) is 0 Å². The highest BCUT2D eigenvalue weighted by Gasteiger charge is 2.37. The number of benzene rings is 1. The van der Waals surface area contributed by atoms with Crippen molar-refractivity contribution in [2.24, 2.45) is 5.41 Å². The molecule has 0 radical (unpaired) electrons. The lowest BCUT2D eigenvalue weighted by atomic mass is 9.87. The molecule has 4 rings (SSSR count). The van der Waals surface area contributed by atoms with E-state index in [1.54, 1.807) is 6.33 Å². The normalized spacial score (nSPS) is 21.3. The summed E-state index contributed by atoms with van der Waals surface area (Å²) in [5, 5.41) is 0. The maximum atomic E-state index is 6.48. The van der Waals surface area contributed by atoms with E-state index < -0.39 is 0 Å². The number of hydrogen-bond acceptors (Lipinski definition) is 6. The Bertz CT molecular complexity index is 901. The molecule has 0 N–H and O–H groups in total. The number of hydrogen-bond donors (Lipinski definition) is 0. The molecule has 1 aromatic carbocycles. The molecule has 0 amide bonds. The third kappa shape index (κ3) is 3.17.